The van der Waals surface area contributed by atoms with E-state index in [9.17, 15) is 0 Å². The summed E-state index contributed by atoms with van der Waals surface area (Å²) in [5, 5.41) is 0. The monoisotopic (exact) mass is 338 g/mol. The molecule has 1 aliphatic carbocycles. The van der Waals surface area contributed by atoms with Crippen molar-refractivity contribution in [3.8, 4) is 0 Å². The molecule has 0 saturated carbocycles. The molecule has 0 radical (unpaired) electrons. The summed E-state index contributed by atoms with van der Waals surface area (Å²) in [4.78, 5) is 0. The van der Waals surface area contributed by atoms with Gasteiger partial charge in [-0.1, -0.05) is 73.6 Å². The quantitative estimate of drug-likeness (QED) is 0.278. The Labute approximate surface area is 154 Å². The van der Waals surface area contributed by atoms with Gasteiger partial charge in [0.15, 0.2) is 0 Å². The van der Waals surface area contributed by atoms with E-state index >= 15 is 0 Å². The highest BCUT2D eigenvalue weighted by Gasteiger charge is 2.22. The van der Waals surface area contributed by atoms with Gasteiger partial charge in [-0.3, -0.25) is 0 Å². The summed E-state index contributed by atoms with van der Waals surface area (Å²) in [6.45, 7) is 21.7. The van der Waals surface area contributed by atoms with Gasteiger partial charge in [0.25, 0.3) is 0 Å². The molecule has 0 aromatic rings. The summed E-state index contributed by atoms with van der Waals surface area (Å²) in [5.74, 6) is 1.81. The zero-order valence-electron chi connectivity index (χ0n) is 18.4. The average molecular weight is 339 g/mol. The molecular formula is C23H46O. The Hall–Kier alpha value is -0.980. The van der Waals surface area contributed by atoms with Crippen LogP contribution in [0.5, 0.6) is 0 Å². The fourth-order valence-corrected chi connectivity index (χ4v) is 2.08. The summed E-state index contributed by atoms with van der Waals surface area (Å²) in [6, 6.07) is 0. The minimum atomic E-state index is 0.354. The minimum absolute atomic E-state index is 0.354. The van der Waals surface area contributed by atoms with Crippen LogP contribution >= 0.6 is 0 Å². The molecule has 1 nitrogen and oxygen atoms in total. The fraction of sp³-hybridized carbons (Fsp3) is 0.739. The molecule has 0 bridgehead atoms. The van der Waals surface area contributed by atoms with Crippen LogP contribution < -0.4 is 0 Å². The Morgan fingerprint density at radius 2 is 1.67 bits per heavy atom. The smallest absolute Gasteiger partial charge is 0.114 e. The lowest BCUT2D eigenvalue weighted by Crippen LogP contribution is -2.18. The van der Waals surface area contributed by atoms with Crippen LogP contribution in [0, 0.1) is 11.3 Å². The molecule has 144 valence electrons. The largest absolute Gasteiger partial charge is 0.494 e. The normalized spacial score (nSPS) is 19.5. The highest BCUT2D eigenvalue weighted by molar-refractivity contribution is 5.10. The van der Waals surface area contributed by atoms with E-state index in [1.54, 1.807) is 0 Å². The van der Waals surface area contributed by atoms with Gasteiger partial charge >= 0.3 is 0 Å². The topological polar surface area (TPSA) is 9.23 Å². The van der Waals surface area contributed by atoms with Crippen LogP contribution in [0.25, 0.3) is 0 Å². The molecule has 1 rings (SSSR count). The van der Waals surface area contributed by atoms with Crippen LogP contribution in [0.1, 0.15) is 94.9 Å². The molecule has 0 N–H and O–H groups in total. The second-order valence-electron chi connectivity index (χ2n) is 6.47. The Morgan fingerprint density at radius 1 is 1.12 bits per heavy atom. The number of allylic oxidation sites excluding steroid dienone is 5. The number of hydrogen-bond acceptors (Lipinski definition) is 1. The predicted octanol–water partition coefficient (Wildman–Crippen LogP) is 8.33. The zero-order valence-corrected chi connectivity index (χ0v) is 18.4. The average Bonchev–Trinajstić information content (AvgIpc) is 2.58. The first-order chi connectivity index (χ1) is 11.4. The van der Waals surface area contributed by atoms with Crippen LogP contribution in [0.4, 0.5) is 0 Å². The predicted molar refractivity (Wildman–Crippen MR) is 113 cm³/mol. The Bertz CT molecular complexity index is 320. The molecule has 24 heavy (non-hydrogen) atoms. The van der Waals surface area contributed by atoms with E-state index in [2.05, 4.69) is 39.8 Å². The molecule has 0 aromatic heterocycles. The van der Waals surface area contributed by atoms with E-state index in [0.29, 0.717) is 5.41 Å². The first kappa shape index (κ1) is 27.8. The van der Waals surface area contributed by atoms with Crippen molar-refractivity contribution < 1.29 is 4.74 Å². The highest BCUT2D eigenvalue weighted by atomic mass is 16.5. The lowest BCUT2D eigenvalue weighted by Gasteiger charge is -2.28. The maximum absolute atomic E-state index is 5.74. The summed E-state index contributed by atoms with van der Waals surface area (Å²) < 4.78 is 5.74. The van der Waals surface area contributed by atoms with Crippen molar-refractivity contribution in [2.75, 3.05) is 6.61 Å². The van der Waals surface area contributed by atoms with Crippen molar-refractivity contribution in [2.45, 2.75) is 94.9 Å². The van der Waals surface area contributed by atoms with Crippen LogP contribution in [-0.2, 0) is 4.74 Å². The van der Waals surface area contributed by atoms with E-state index in [1.165, 1.54) is 19.3 Å². The zero-order chi connectivity index (χ0) is 19.4. The van der Waals surface area contributed by atoms with E-state index in [4.69, 9.17) is 4.74 Å². The SMILES string of the molecule is C/C=C\C(=C/C)OCCC1(C)C=CCCC1.CC.CC.CC(C)C. The number of rotatable bonds is 5. The lowest BCUT2D eigenvalue weighted by atomic mass is 9.78. The maximum Gasteiger partial charge on any atom is 0.114 e. The van der Waals surface area contributed by atoms with Crippen LogP contribution in [0.2, 0.25) is 0 Å². The van der Waals surface area contributed by atoms with Crippen molar-refractivity contribution in [1.29, 1.82) is 0 Å². The summed E-state index contributed by atoms with van der Waals surface area (Å²) in [5.41, 5.74) is 0.354. The molecule has 0 saturated heterocycles. The molecule has 1 atom stereocenters. The second kappa shape index (κ2) is 20.1. The molecule has 0 aromatic carbocycles. The van der Waals surface area contributed by atoms with Crippen LogP contribution in [0.15, 0.2) is 36.1 Å². The van der Waals surface area contributed by atoms with E-state index < -0.39 is 0 Å². The number of hydrogen-bond donors (Lipinski definition) is 0. The fourth-order valence-electron chi connectivity index (χ4n) is 2.08. The van der Waals surface area contributed by atoms with Crippen LogP contribution in [0.3, 0.4) is 0 Å². The maximum atomic E-state index is 5.74. The minimum Gasteiger partial charge on any atom is -0.494 e. The Kier molecular flexibility index (Phi) is 23.3. The van der Waals surface area contributed by atoms with Crippen molar-refractivity contribution in [2.24, 2.45) is 11.3 Å². The third-order valence-electron chi connectivity index (χ3n) is 3.20. The lowest BCUT2D eigenvalue weighted by molar-refractivity contribution is 0.175. The third kappa shape index (κ3) is 19.1. The van der Waals surface area contributed by atoms with Gasteiger partial charge in [0, 0.05) is 0 Å². The summed E-state index contributed by atoms with van der Waals surface area (Å²) in [7, 11) is 0. The number of ether oxygens (including phenoxy) is 1. The van der Waals surface area contributed by atoms with Crippen LogP contribution in [-0.4, -0.2) is 6.61 Å². The van der Waals surface area contributed by atoms with Gasteiger partial charge in [0.1, 0.15) is 5.76 Å². The van der Waals surface area contributed by atoms with E-state index in [1.807, 2.05) is 59.8 Å². The van der Waals surface area contributed by atoms with E-state index in [0.717, 1.165) is 24.7 Å². The second-order valence-corrected chi connectivity index (χ2v) is 6.47. The third-order valence-corrected chi connectivity index (χ3v) is 3.20. The van der Waals surface area contributed by atoms with Crippen molar-refractivity contribution in [3.63, 3.8) is 0 Å². The summed E-state index contributed by atoms with van der Waals surface area (Å²) >= 11 is 0. The molecule has 0 amide bonds. The highest BCUT2D eigenvalue weighted by Crippen LogP contribution is 2.33. The summed E-state index contributed by atoms with van der Waals surface area (Å²) in [6.07, 6.45) is 15.7. The molecular weight excluding hydrogens is 292 g/mol. The van der Waals surface area contributed by atoms with Crippen molar-refractivity contribution >= 4 is 0 Å². The van der Waals surface area contributed by atoms with Crippen molar-refractivity contribution in [3.05, 3.63) is 36.1 Å². The molecule has 0 spiro atoms. The Morgan fingerprint density at radius 3 is 2.04 bits per heavy atom. The van der Waals surface area contributed by atoms with E-state index in [-0.39, 0.29) is 0 Å². The van der Waals surface area contributed by atoms with Gasteiger partial charge in [-0.05, 0) is 63.0 Å². The van der Waals surface area contributed by atoms with Gasteiger partial charge in [-0.15, -0.1) is 0 Å². The first-order valence-electron chi connectivity index (χ1n) is 10.0. The Balaban J connectivity index is -0.000000471. The molecule has 1 aliphatic rings. The van der Waals surface area contributed by atoms with Gasteiger partial charge in [-0.25, -0.2) is 0 Å². The van der Waals surface area contributed by atoms with Crippen molar-refractivity contribution in [1.82, 2.24) is 0 Å². The standard InChI is InChI=1S/C15H24O.C4H10.2C2H6/c1-4-9-14(5-2)16-13-12-15(3)10-7-6-8-11-15;1-4(2)3;2*1-2/h4-5,7,9-10H,6,8,11-13H2,1-3H3;4H,1-3H3;2*1-2H3/b9-4-,14-5+;;;. The van der Waals surface area contributed by atoms with Gasteiger partial charge in [0.2, 0.25) is 0 Å². The van der Waals surface area contributed by atoms with Gasteiger partial charge in [0.05, 0.1) is 6.61 Å². The molecule has 0 heterocycles. The first-order valence-corrected chi connectivity index (χ1v) is 10.0. The molecule has 1 unspecified atom stereocenters. The molecule has 0 fully saturated rings. The van der Waals surface area contributed by atoms with Gasteiger partial charge in [-0.2, -0.15) is 0 Å². The molecule has 0 aliphatic heterocycles. The molecule has 1 heteroatoms. The van der Waals surface area contributed by atoms with Gasteiger partial charge < -0.3 is 4.74 Å².